The van der Waals surface area contributed by atoms with Crippen LogP contribution in [0.25, 0.3) is 0 Å². The standard InChI is InChI=1S/C23H26O7/c1-13-7-18(25)21(12-24)30-22(13)17-10-16(19(28-2)11-20(17)29-3)9-14-5-4-6-15(8-14)23(26)27/h4-8,10-11,13,21-22,24-25H,9,12H2,1-3H3,(H,26,27). The fourth-order valence-electron chi connectivity index (χ4n) is 3.71. The summed E-state index contributed by atoms with van der Waals surface area (Å²) >= 11 is 0. The molecule has 3 rings (SSSR count). The molecule has 3 unspecified atom stereocenters. The summed E-state index contributed by atoms with van der Waals surface area (Å²) in [6, 6.07) is 10.4. The van der Waals surface area contributed by atoms with Gasteiger partial charge in [-0.3, -0.25) is 0 Å². The van der Waals surface area contributed by atoms with Gasteiger partial charge in [-0.05, 0) is 35.4 Å². The Bertz CT molecular complexity index is 951. The molecular weight excluding hydrogens is 388 g/mol. The first-order valence-corrected chi connectivity index (χ1v) is 9.62. The van der Waals surface area contributed by atoms with Crippen molar-refractivity contribution < 1.29 is 34.3 Å². The third-order valence-corrected chi connectivity index (χ3v) is 5.23. The quantitative estimate of drug-likeness (QED) is 0.637. The van der Waals surface area contributed by atoms with Crippen LogP contribution in [0.15, 0.2) is 48.2 Å². The smallest absolute Gasteiger partial charge is 0.335 e. The number of carbonyl (C=O) groups is 1. The number of carboxylic acids is 1. The number of rotatable bonds is 7. The lowest BCUT2D eigenvalue weighted by molar-refractivity contribution is -0.0685. The number of aliphatic hydroxyl groups excluding tert-OH is 2. The minimum Gasteiger partial charge on any atom is -0.510 e. The Labute approximate surface area is 175 Å². The van der Waals surface area contributed by atoms with Crippen molar-refractivity contribution in [2.75, 3.05) is 20.8 Å². The van der Waals surface area contributed by atoms with Crippen molar-refractivity contribution in [1.82, 2.24) is 0 Å². The minimum absolute atomic E-state index is 0.0134. The van der Waals surface area contributed by atoms with Gasteiger partial charge in [-0.15, -0.1) is 0 Å². The lowest BCUT2D eigenvalue weighted by Crippen LogP contribution is -2.30. The van der Waals surface area contributed by atoms with Crippen molar-refractivity contribution >= 4 is 5.97 Å². The molecule has 0 saturated heterocycles. The summed E-state index contributed by atoms with van der Waals surface area (Å²) < 4.78 is 17.0. The van der Waals surface area contributed by atoms with E-state index in [-0.39, 0.29) is 23.8 Å². The number of carboxylic acid groups (broad SMARTS) is 1. The molecule has 1 heterocycles. The van der Waals surface area contributed by atoms with E-state index < -0.39 is 18.2 Å². The third-order valence-electron chi connectivity index (χ3n) is 5.23. The highest BCUT2D eigenvalue weighted by Gasteiger charge is 2.33. The Morgan fingerprint density at radius 2 is 1.87 bits per heavy atom. The average molecular weight is 414 g/mol. The maximum Gasteiger partial charge on any atom is 0.335 e. The number of hydrogen-bond donors (Lipinski definition) is 3. The van der Waals surface area contributed by atoms with Crippen molar-refractivity contribution in [3.8, 4) is 11.5 Å². The first kappa shape index (κ1) is 21.7. The van der Waals surface area contributed by atoms with E-state index in [0.29, 0.717) is 17.9 Å². The van der Waals surface area contributed by atoms with Gasteiger partial charge in [0.05, 0.1) is 32.5 Å². The molecule has 0 saturated carbocycles. The van der Waals surface area contributed by atoms with E-state index in [4.69, 9.17) is 14.2 Å². The van der Waals surface area contributed by atoms with Crippen molar-refractivity contribution in [1.29, 1.82) is 0 Å². The predicted molar refractivity (Wildman–Crippen MR) is 110 cm³/mol. The predicted octanol–water partition coefficient (Wildman–Crippen LogP) is 3.50. The van der Waals surface area contributed by atoms with Crippen LogP contribution in [0.1, 0.15) is 40.1 Å². The Morgan fingerprint density at radius 3 is 2.50 bits per heavy atom. The second kappa shape index (κ2) is 9.19. The number of ether oxygens (including phenoxy) is 3. The minimum atomic E-state index is -0.981. The lowest BCUT2D eigenvalue weighted by Gasteiger charge is -2.33. The van der Waals surface area contributed by atoms with E-state index in [0.717, 1.165) is 16.7 Å². The van der Waals surface area contributed by atoms with Crippen LogP contribution >= 0.6 is 0 Å². The van der Waals surface area contributed by atoms with E-state index in [9.17, 15) is 20.1 Å². The molecule has 7 nitrogen and oxygen atoms in total. The van der Waals surface area contributed by atoms with Gasteiger partial charge >= 0.3 is 5.97 Å². The van der Waals surface area contributed by atoms with Crippen LogP contribution in [-0.4, -0.2) is 48.2 Å². The van der Waals surface area contributed by atoms with Gasteiger partial charge in [0.25, 0.3) is 0 Å². The first-order chi connectivity index (χ1) is 14.4. The number of aliphatic hydroxyl groups is 2. The van der Waals surface area contributed by atoms with Gasteiger partial charge in [0.1, 0.15) is 23.4 Å². The molecule has 0 radical (unpaired) electrons. The van der Waals surface area contributed by atoms with Crippen LogP contribution in [0.4, 0.5) is 0 Å². The average Bonchev–Trinajstić information content (AvgIpc) is 2.74. The van der Waals surface area contributed by atoms with Gasteiger partial charge in [0.2, 0.25) is 0 Å². The van der Waals surface area contributed by atoms with E-state index >= 15 is 0 Å². The molecule has 0 aliphatic carbocycles. The molecule has 160 valence electrons. The summed E-state index contributed by atoms with van der Waals surface area (Å²) in [4.78, 5) is 11.3. The maximum atomic E-state index is 11.3. The molecule has 0 amide bonds. The lowest BCUT2D eigenvalue weighted by atomic mass is 9.90. The molecular formula is C23H26O7. The fourth-order valence-corrected chi connectivity index (χ4v) is 3.71. The summed E-state index contributed by atoms with van der Waals surface area (Å²) in [5.41, 5.74) is 2.65. The highest BCUT2D eigenvalue weighted by atomic mass is 16.5. The zero-order valence-electron chi connectivity index (χ0n) is 17.2. The van der Waals surface area contributed by atoms with Crippen molar-refractivity contribution in [3.63, 3.8) is 0 Å². The number of methoxy groups -OCH3 is 2. The highest BCUT2D eigenvalue weighted by molar-refractivity contribution is 5.87. The van der Waals surface area contributed by atoms with E-state index in [2.05, 4.69) is 0 Å². The largest absolute Gasteiger partial charge is 0.510 e. The van der Waals surface area contributed by atoms with Gasteiger partial charge in [-0.2, -0.15) is 0 Å². The second-order valence-corrected chi connectivity index (χ2v) is 7.27. The van der Waals surface area contributed by atoms with Crippen LogP contribution in [-0.2, 0) is 11.2 Å². The van der Waals surface area contributed by atoms with E-state index in [1.807, 2.05) is 19.1 Å². The van der Waals surface area contributed by atoms with Crippen LogP contribution in [0.5, 0.6) is 11.5 Å². The van der Waals surface area contributed by atoms with Gasteiger partial charge in [-0.25, -0.2) is 4.79 Å². The second-order valence-electron chi connectivity index (χ2n) is 7.27. The SMILES string of the molecule is COc1cc(OC)c(C2OC(CO)C(O)=CC2C)cc1Cc1cccc(C(=O)O)c1. The zero-order chi connectivity index (χ0) is 21.8. The monoisotopic (exact) mass is 414 g/mol. The molecule has 30 heavy (non-hydrogen) atoms. The molecule has 3 N–H and O–H groups in total. The van der Waals surface area contributed by atoms with Gasteiger partial charge in [0.15, 0.2) is 0 Å². The summed E-state index contributed by atoms with van der Waals surface area (Å²) in [6.07, 6.45) is 0.887. The zero-order valence-corrected chi connectivity index (χ0v) is 17.2. The molecule has 7 heteroatoms. The molecule has 1 aliphatic heterocycles. The molecule has 1 aliphatic rings. The van der Waals surface area contributed by atoms with Gasteiger partial charge < -0.3 is 29.5 Å². The summed E-state index contributed by atoms with van der Waals surface area (Å²) in [6.45, 7) is 1.58. The Balaban J connectivity index is 2.03. The van der Waals surface area contributed by atoms with Crippen molar-refractivity contribution in [2.45, 2.75) is 25.6 Å². The molecule has 3 atom stereocenters. The summed E-state index contributed by atoms with van der Waals surface area (Å²) in [7, 11) is 3.12. The number of hydrogen-bond acceptors (Lipinski definition) is 6. The van der Waals surface area contributed by atoms with Crippen molar-refractivity contribution in [3.05, 3.63) is 70.5 Å². The third kappa shape index (κ3) is 4.42. The fraction of sp³-hybridized carbons (Fsp3) is 0.348. The normalized spacial score (nSPS) is 21.1. The Kier molecular flexibility index (Phi) is 6.64. The van der Waals surface area contributed by atoms with Crippen LogP contribution in [0.2, 0.25) is 0 Å². The molecule has 2 aromatic carbocycles. The number of benzene rings is 2. The molecule has 2 aromatic rings. The molecule has 0 aromatic heterocycles. The van der Waals surface area contributed by atoms with Crippen LogP contribution < -0.4 is 9.47 Å². The van der Waals surface area contributed by atoms with Crippen LogP contribution in [0.3, 0.4) is 0 Å². The molecule has 0 bridgehead atoms. The van der Waals surface area contributed by atoms with Crippen molar-refractivity contribution in [2.24, 2.45) is 5.92 Å². The Hall–Kier alpha value is -3.03. The maximum absolute atomic E-state index is 11.3. The van der Waals surface area contributed by atoms with Crippen LogP contribution in [0, 0.1) is 5.92 Å². The summed E-state index contributed by atoms with van der Waals surface area (Å²) in [5, 5.41) is 28.8. The van der Waals surface area contributed by atoms with Gasteiger partial charge in [-0.1, -0.05) is 19.1 Å². The Morgan fingerprint density at radius 1 is 1.13 bits per heavy atom. The number of aromatic carboxylic acids is 1. The highest BCUT2D eigenvalue weighted by Crippen LogP contribution is 2.41. The molecule has 0 spiro atoms. The van der Waals surface area contributed by atoms with Gasteiger partial charge in [0, 0.05) is 24.0 Å². The first-order valence-electron chi connectivity index (χ1n) is 9.62. The topological polar surface area (TPSA) is 105 Å². The van der Waals surface area contributed by atoms with E-state index in [1.54, 1.807) is 44.6 Å². The molecule has 0 fully saturated rings. The van der Waals surface area contributed by atoms with E-state index in [1.165, 1.54) is 0 Å². The summed E-state index contributed by atoms with van der Waals surface area (Å²) in [5.74, 6) is 0.0538.